The summed E-state index contributed by atoms with van der Waals surface area (Å²) in [7, 11) is 0. The van der Waals surface area contributed by atoms with E-state index in [1.165, 1.54) is 31.5 Å². The van der Waals surface area contributed by atoms with Gasteiger partial charge in [0, 0.05) is 24.8 Å². The first kappa shape index (κ1) is 12.4. The largest absolute Gasteiger partial charge is 0.399 e. The van der Waals surface area contributed by atoms with Crippen molar-refractivity contribution < 1.29 is 0 Å². The molecule has 1 aliphatic rings. The minimum absolute atomic E-state index is 0.761. The van der Waals surface area contributed by atoms with Gasteiger partial charge in [0.15, 0.2) is 0 Å². The summed E-state index contributed by atoms with van der Waals surface area (Å²) in [6, 6.07) is 9.14. The summed E-state index contributed by atoms with van der Waals surface area (Å²) in [6.07, 6.45) is 3.90. The van der Waals surface area contributed by atoms with Crippen LogP contribution in [0.15, 0.2) is 24.3 Å². The van der Waals surface area contributed by atoms with Crippen LogP contribution in [0.5, 0.6) is 0 Å². The lowest BCUT2D eigenvalue weighted by Crippen LogP contribution is -2.31. The fourth-order valence-corrected chi connectivity index (χ4v) is 2.35. The Balaban J connectivity index is 1.86. The Bertz CT molecular complexity index is 356. The van der Waals surface area contributed by atoms with E-state index in [1.54, 1.807) is 0 Å². The molecule has 2 heteroatoms. The highest BCUT2D eigenvalue weighted by atomic mass is 15.2. The Morgan fingerprint density at radius 3 is 2.71 bits per heavy atom. The number of nitrogen functional groups attached to an aromatic ring is 1. The predicted octanol–water partition coefficient (Wildman–Crippen LogP) is 2.93. The number of nitrogens with zero attached hydrogens (tertiary/aromatic N) is 1. The van der Waals surface area contributed by atoms with E-state index in [1.807, 2.05) is 6.07 Å². The highest BCUT2D eigenvalue weighted by Crippen LogP contribution is 2.27. The Kier molecular flexibility index (Phi) is 4.06. The molecular formula is C15H24N2. The topological polar surface area (TPSA) is 29.3 Å². The van der Waals surface area contributed by atoms with Gasteiger partial charge in [0.1, 0.15) is 0 Å². The molecule has 0 saturated heterocycles. The maximum absolute atomic E-state index is 5.80. The van der Waals surface area contributed by atoms with E-state index in [0.717, 1.165) is 24.1 Å². The van der Waals surface area contributed by atoms with Crippen LogP contribution in [0.1, 0.15) is 32.3 Å². The van der Waals surface area contributed by atoms with Gasteiger partial charge in [-0.2, -0.15) is 0 Å². The van der Waals surface area contributed by atoms with Gasteiger partial charge in [-0.15, -0.1) is 0 Å². The van der Waals surface area contributed by atoms with Gasteiger partial charge < -0.3 is 5.73 Å². The Morgan fingerprint density at radius 1 is 1.35 bits per heavy atom. The number of nitrogens with two attached hydrogens (primary N) is 1. The molecule has 2 nitrogen and oxygen atoms in total. The zero-order chi connectivity index (χ0) is 12.3. The van der Waals surface area contributed by atoms with Crippen molar-refractivity contribution in [1.29, 1.82) is 0 Å². The second kappa shape index (κ2) is 5.54. The molecule has 0 heterocycles. The van der Waals surface area contributed by atoms with Crippen LogP contribution in [-0.4, -0.2) is 24.0 Å². The summed E-state index contributed by atoms with van der Waals surface area (Å²) in [5, 5.41) is 0. The van der Waals surface area contributed by atoms with Gasteiger partial charge in [0.25, 0.3) is 0 Å². The molecule has 1 fully saturated rings. The van der Waals surface area contributed by atoms with Crippen molar-refractivity contribution in [3.05, 3.63) is 29.8 Å². The highest BCUT2D eigenvalue weighted by molar-refractivity contribution is 5.40. The fourth-order valence-electron chi connectivity index (χ4n) is 2.35. The molecule has 2 rings (SSSR count). The van der Waals surface area contributed by atoms with Crippen molar-refractivity contribution in [1.82, 2.24) is 4.90 Å². The van der Waals surface area contributed by atoms with E-state index in [4.69, 9.17) is 5.73 Å². The molecule has 0 atom stereocenters. The average molecular weight is 232 g/mol. The maximum Gasteiger partial charge on any atom is 0.0316 e. The molecule has 1 saturated carbocycles. The van der Waals surface area contributed by atoms with Crippen molar-refractivity contribution in [3.63, 3.8) is 0 Å². The Morgan fingerprint density at radius 2 is 2.12 bits per heavy atom. The molecule has 94 valence electrons. The first-order valence-electron chi connectivity index (χ1n) is 6.73. The number of anilines is 1. The number of rotatable bonds is 6. The molecule has 0 radical (unpaired) electrons. The van der Waals surface area contributed by atoms with Gasteiger partial charge in [0.05, 0.1) is 0 Å². The van der Waals surface area contributed by atoms with Crippen molar-refractivity contribution >= 4 is 5.69 Å². The molecule has 0 unspecified atom stereocenters. The van der Waals surface area contributed by atoms with E-state index in [-0.39, 0.29) is 0 Å². The van der Waals surface area contributed by atoms with E-state index in [9.17, 15) is 0 Å². The molecule has 2 N–H and O–H groups in total. The molecule has 17 heavy (non-hydrogen) atoms. The molecule has 0 aliphatic heterocycles. The zero-order valence-corrected chi connectivity index (χ0v) is 11.0. The standard InChI is InChI=1S/C15H24N2/c1-12(2)11-17(15-6-7-15)9-8-13-4-3-5-14(16)10-13/h3-5,10,12,15H,6-9,11,16H2,1-2H3. The molecule has 0 amide bonds. The first-order valence-corrected chi connectivity index (χ1v) is 6.73. The van der Waals surface area contributed by atoms with Gasteiger partial charge in [-0.1, -0.05) is 26.0 Å². The number of benzene rings is 1. The smallest absolute Gasteiger partial charge is 0.0316 e. The minimum Gasteiger partial charge on any atom is -0.399 e. The Hall–Kier alpha value is -1.02. The second-order valence-electron chi connectivity index (χ2n) is 5.61. The monoisotopic (exact) mass is 232 g/mol. The van der Waals surface area contributed by atoms with Crippen LogP contribution in [0.4, 0.5) is 5.69 Å². The molecule has 0 bridgehead atoms. The lowest BCUT2D eigenvalue weighted by atomic mass is 10.1. The molecule has 0 aromatic heterocycles. The van der Waals surface area contributed by atoms with Gasteiger partial charge in [-0.25, -0.2) is 0 Å². The SMILES string of the molecule is CC(C)CN(CCc1cccc(N)c1)C1CC1. The number of hydrogen-bond donors (Lipinski definition) is 1. The summed E-state index contributed by atoms with van der Waals surface area (Å²) in [4.78, 5) is 2.65. The molecule has 1 aromatic carbocycles. The summed E-state index contributed by atoms with van der Waals surface area (Å²) < 4.78 is 0. The normalized spacial score (nSPS) is 15.8. The Labute approximate surface area is 105 Å². The summed E-state index contributed by atoms with van der Waals surface area (Å²) >= 11 is 0. The van der Waals surface area contributed by atoms with E-state index in [0.29, 0.717) is 0 Å². The van der Waals surface area contributed by atoms with Crippen molar-refractivity contribution in [2.75, 3.05) is 18.8 Å². The lowest BCUT2D eigenvalue weighted by Gasteiger charge is -2.24. The summed E-state index contributed by atoms with van der Waals surface area (Å²) in [6.45, 7) is 7.01. The van der Waals surface area contributed by atoms with Gasteiger partial charge in [0.2, 0.25) is 0 Å². The van der Waals surface area contributed by atoms with Crippen LogP contribution < -0.4 is 5.73 Å². The molecule has 1 aromatic rings. The van der Waals surface area contributed by atoms with Crippen LogP contribution in [0, 0.1) is 5.92 Å². The van der Waals surface area contributed by atoms with Gasteiger partial charge in [-0.3, -0.25) is 4.90 Å². The third-order valence-corrected chi connectivity index (χ3v) is 3.30. The maximum atomic E-state index is 5.80. The zero-order valence-electron chi connectivity index (χ0n) is 11.0. The summed E-state index contributed by atoms with van der Waals surface area (Å²) in [5.41, 5.74) is 8.04. The van der Waals surface area contributed by atoms with Gasteiger partial charge in [-0.05, 0) is 42.9 Å². The molecule has 1 aliphatic carbocycles. The van der Waals surface area contributed by atoms with Crippen LogP contribution in [0.3, 0.4) is 0 Å². The number of hydrogen-bond acceptors (Lipinski definition) is 2. The predicted molar refractivity (Wildman–Crippen MR) is 74.0 cm³/mol. The van der Waals surface area contributed by atoms with Crippen molar-refractivity contribution in [2.24, 2.45) is 5.92 Å². The van der Waals surface area contributed by atoms with Crippen LogP contribution >= 0.6 is 0 Å². The van der Waals surface area contributed by atoms with E-state index in [2.05, 4.69) is 36.9 Å². The molecule has 0 spiro atoms. The fraction of sp³-hybridized carbons (Fsp3) is 0.600. The van der Waals surface area contributed by atoms with Crippen molar-refractivity contribution in [3.8, 4) is 0 Å². The third kappa shape index (κ3) is 4.04. The van der Waals surface area contributed by atoms with Crippen LogP contribution in [0.25, 0.3) is 0 Å². The first-order chi connectivity index (χ1) is 8.15. The summed E-state index contributed by atoms with van der Waals surface area (Å²) in [5.74, 6) is 0.761. The average Bonchev–Trinajstić information content (AvgIpc) is 3.07. The minimum atomic E-state index is 0.761. The van der Waals surface area contributed by atoms with Gasteiger partial charge >= 0.3 is 0 Å². The van der Waals surface area contributed by atoms with Crippen molar-refractivity contribution in [2.45, 2.75) is 39.2 Å². The van der Waals surface area contributed by atoms with E-state index >= 15 is 0 Å². The highest BCUT2D eigenvalue weighted by Gasteiger charge is 2.28. The third-order valence-electron chi connectivity index (χ3n) is 3.30. The second-order valence-corrected chi connectivity index (χ2v) is 5.61. The molecular weight excluding hydrogens is 208 g/mol. The van der Waals surface area contributed by atoms with Crippen LogP contribution in [0.2, 0.25) is 0 Å². The van der Waals surface area contributed by atoms with Crippen LogP contribution in [-0.2, 0) is 6.42 Å². The quantitative estimate of drug-likeness (QED) is 0.764. The van der Waals surface area contributed by atoms with E-state index < -0.39 is 0 Å². The lowest BCUT2D eigenvalue weighted by molar-refractivity contribution is 0.237.